The van der Waals surface area contributed by atoms with Crippen LogP contribution in [-0.4, -0.2) is 44.5 Å². The minimum absolute atomic E-state index is 0.0540. The zero-order valence-corrected chi connectivity index (χ0v) is 8.67. The molecule has 1 aliphatic rings. The predicted molar refractivity (Wildman–Crippen MR) is 48.6 cm³/mol. The number of carboxylic acid groups (broad SMARTS) is 1. The first kappa shape index (κ1) is 11.8. The van der Waals surface area contributed by atoms with Gasteiger partial charge in [0.25, 0.3) is 0 Å². The molecule has 1 saturated heterocycles. The smallest absolute Gasteiger partial charge is 0.315 e. The summed E-state index contributed by atoms with van der Waals surface area (Å²) < 4.78 is 22.0. The Morgan fingerprint density at radius 2 is 2.07 bits per heavy atom. The van der Waals surface area contributed by atoms with Crippen LogP contribution >= 0.6 is 0 Å². The number of carbonyl (C=O) groups is 2. The molecule has 0 saturated carbocycles. The molecule has 1 rings (SSSR count). The van der Waals surface area contributed by atoms with Gasteiger partial charge in [-0.2, -0.15) is 0 Å². The van der Waals surface area contributed by atoms with Crippen LogP contribution < -0.4 is 15.7 Å². The average molecular weight is 235 g/mol. The molecule has 1 heterocycles. The van der Waals surface area contributed by atoms with Crippen molar-refractivity contribution in [3.05, 3.63) is 0 Å². The molecule has 0 bridgehead atoms. The van der Waals surface area contributed by atoms with Crippen molar-refractivity contribution in [1.29, 1.82) is 0 Å². The zero-order chi connectivity index (χ0) is 11.5. The number of sulfone groups is 1. The summed E-state index contributed by atoms with van der Waals surface area (Å²) in [6.45, 7) is -0.592. The lowest BCUT2D eigenvalue weighted by atomic mass is 10.3. The van der Waals surface area contributed by atoms with Gasteiger partial charge >= 0.3 is 6.03 Å². The Balaban J connectivity index is 2.31. The van der Waals surface area contributed by atoms with Crippen LogP contribution in [0.2, 0.25) is 0 Å². The normalized spacial score (nSPS) is 23.3. The summed E-state index contributed by atoms with van der Waals surface area (Å²) in [6.07, 6.45) is 0.362. The van der Waals surface area contributed by atoms with E-state index in [2.05, 4.69) is 5.32 Å². The monoisotopic (exact) mass is 235 g/mol. The van der Waals surface area contributed by atoms with Gasteiger partial charge in [0.1, 0.15) is 0 Å². The Labute approximate surface area is 86.8 Å². The molecule has 7 nitrogen and oxygen atoms in total. The van der Waals surface area contributed by atoms with Crippen LogP contribution in [0.4, 0.5) is 4.79 Å². The molecule has 0 radical (unpaired) electrons. The van der Waals surface area contributed by atoms with Crippen LogP contribution in [0.5, 0.6) is 0 Å². The second-order valence-corrected chi connectivity index (χ2v) is 5.53. The van der Waals surface area contributed by atoms with Gasteiger partial charge in [-0.25, -0.2) is 13.2 Å². The van der Waals surface area contributed by atoms with Gasteiger partial charge in [0, 0.05) is 6.04 Å². The van der Waals surface area contributed by atoms with E-state index in [-0.39, 0.29) is 11.5 Å². The minimum atomic E-state index is -3.04. The third kappa shape index (κ3) is 4.15. The van der Waals surface area contributed by atoms with E-state index < -0.39 is 34.4 Å². The van der Waals surface area contributed by atoms with Gasteiger partial charge in [0.2, 0.25) is 0 Å². The highest BCUT2D eigenvalue weighted by Gasteiger charge is 2.28. The van der Waals surface area contributed by atoms with Crippen molar-refractivity contribution in [2.75, 3.05) is 18.1 Å². The quantitative estimate of drug-likeness (QED) is 0.549. The standard InChI is InChI=1S/C7H12N2O5S/c10-6(11)3-8-7(12)9-5-1-2-15(13,14)4-5/h5H,1-4H2,(H,10,11)(H2,8,9,12)/p-1. The van der Waals surface area contributed by atoms with E-state index in [0.29, 0.717) is 6.42 Å². The molecule has 15 heavy (non-hydrogen) atoms. The van der Waals surface area contributed by atoms with Gasteiger partial charge in [0.15, 0.2) is 9.84 Å². The number of hydrogen-bond donors (Lipinski definition) is 2. The zero-order valence-electron chi connectivity index (χ0n) is 7.86. The SMILES string of the molecule is O=C([O-])CNC(=O)NC1CCS(=O)(=O)C1. The maximum Gasteiger partial charge on any atom is 0.315 e. The predicted octanol–water partition coefficient (Wildman–Crippen LogP) is -2.78. The minimum Gasteiger partial charge on any atom is -0.548 e. The highest BCUT2D eigenvalue weighted by Crippen LogP contribution is 2.10. The van der Waals surface area contributed by atoms with Crippen molar-refractivity contribution < 1.29 is 23.1 Å². The molecule has 2 amide bonds. The molecule has 0 aromatic carbocycles. The van der Waals surface area contributed by atoms with Crippen molar-refractivity contribution >= 4 is 21.8 Å². The van der Waals surface area contributed by atoms with Gasteiger partial charge < -0.3 is 20.5 Å². The first-order valence-electron chi connectivity index (χ1n) is 4.34. The molecule has 2 N–H and O–H groups in total. The van der Waals surface area contributed by atoms with E-state index in [1.165, 1.54) is 0 Å². The average Bonchev–Trinajstić information content (AvgIpc) is 2.42. The topological polar surface area (TPSA) is 115 Å². The number of urea groups is 1. The molecule has 0 aliphatic carbocycles. The van der Waals surface area contributed by atoms with Gasteiger partial charge in [-0.05, 0) is 6.42 Å². The van der Waals surface area contributed by atoms with E-state index in [0.717, 1.165) is 0 Å². The molecule has 0 aromatic heterocycles. The lowest BCUT2D eigenvalue weighted by Gasteiger charge is -2.12. The van der Waals surface area contributed by atoms with Gasteiger partial charge in [-0.1, -0.05) is 0 Å². The molecule has 0 aromatic rings. The fourth-order valence-electron chi connectivity index (χ4n) is 1.30. The molecule has 0 spiro atoms. The van der Waals surface area contributed by atoms with Gasteiger partial charge in [0.05, 0.1) is 24.0 Å². The molecule has 1 fully saturated rings. The highest BCUT2D eigenvalue weighted by atomic mass is 32.2. The Morgan fingerprint density at radius 1 is 1.40 bits per heavy atom. The van der Waals surface area contributed by atoms with Crippen LogP contribution in [0.3, 0.4) is 0 Å². The molecule has 8 heteroatoms. The van der Waals surface area contributed by atoms with Crippen LogP contribution in [0.25, 0.3) is 0 Å². The molecule has 86 valence electrons. The summed E-state index contributed by atoms with van der Waals surface area (Å²) in [5.41, 5.74) is 0. The van der Waals surface area contributed by atoms with Crippen molar-refractivity contribution in [2.45, 2.75) is 12.5 Å². The first-order valence-corrected chi connectivity index (χ1v) is 6.16. The maximum absolute atomic E-state index is 11.0. The van der Waals surface area contributed by atoms with E-state index >= 15 is 0 Å². The summed E-state index contributed by atoms with van der Waals surface area (Å²) in [7, 11) is -3.04. The second-order valence-electron chi connectivity index (χ2n) is 3.30. The van der Waals surface area contributed by atoms with Crippen molar-refractivity contribution in [3.8, 4) is 0 Å². The Bertz CT molecular complexity index is 364. The fraction of sp³-hybridized carbons (Fsp3) is 0.714. The van der Waals surface area contributed by atoms with E-state index in [1.807, 2.05) is 5.32 Å². The van der Waals surface area contributed by atoms with Crippen LogP contribution in [0.1, 0.15) is 6.42 Å². The van der Waals surface area contributed by atoms with Gasteiger partial charge in [-0.15, -0.1) is 0 Å². The number of carbonyl (C=O) groups excluding carboxylic acids is 2. The summed E-state index contributed by atoms with van der Waals surface area (Å²) in [4.78, 5) is 21.0. The Kier molecular flexibility index (Phi) is 3.51. The molecule has 1 unspecified atom stereocenters. The largest absolute Gasteiger partial charge is 0.548 e. The highest BCUT2D eigenvalue weighted by molar-refractivity contribution is 7.91. The number of hydrogen-bond acceptors (Lipinski definition) is 5. The number of nitrogens with one attached hydrogen (secondary N) is 2. The molecule has 1 atom stereocenters. The van der Waals surface area contributed by atoms with Crippen LogP contribution in [0.15, 0.2) is 0 Å². The van der Waals surface area contributed by atoms with Gasteiger partial charge in [-0.3, -0.25) is 0 Å². The lowest BCUT2D eigenvalue weighted by molar-refractivity contribution is -0.303. The number of aliphatic carboxylic acids is 1. The fourth-order valence-corrected chi connectivity index (χ4v) is 2.97. The van der Waals surface area contributed by atoms with Crippen molar-refractivity contribution in [2.24, 2.45) is 0 Å². The summed E-state index contributed by atoms with van der Waals surface area (Å²) >= 11 is 0. The van der Waals surface area contributed by atoms with Crippen LogP contribution in [-0.2, 0) is 14.6 Å². The van der Waals surface area contributed by atoms with E-state index in [1.54, 1.807) is 0 Å². The molecule has 1 aliphatic heterocycles. The maximum atomic E-state index is 11.0. The Morgan fingerprint density at radius 3 is 2.53 bits per heavy atom. The second kappa shape index (κ2) is 4.47. The lowest BCUT2D eigenvalue weighted by Crippen LogP contribution is -2.46. The van der Waals surface area contributed by atoms with Crippen molar-refractivity contribution in [1.82, 2.24) is 10.6 Å². The molecular formula is C7H11N2O5S-. The van der Waals surface area contributed by atoms with E-state index in [4.69, 9.17) is 0 Å². The third-order valence-corrected chi connectivity index (χ3v) is 3.73. The summed E-state index contributed by atoms with van der Waals surface area (Å²) in [5, 5.41) is 14.4. The number of carboxylic acids is 1. The van der Waals surface area contributed by atoms with Crippen molar-refractivity contribution in [3.63, 3.8) is 0 Å². The van der Waals surface area contributed by atoms with Crippen LogP contribution in [0, 0.1) is 0 Å². The number of amides is 2. The first-order chi connectivity index (χ1) is 6.89. The molecular weight excluding hydrogens is 224 g/mol. The number of rotatable bonds is 3. The van der Waals surface area contributed by atoms with E-state index in [9.17, 15) is 23.1 Å². The Hall–Kier alpha value is -1.31. The summed E-state index contributed by atoms with van der Waals surface area (Å²) in [5.74, 6) is -1.44. The summed E-state index contributed by atoms with van der Waals surface area (Å²) in [6, 6.07) is -1.13. The third-order valence-electron chi connectivity index (χ3n) is 1.96.